The summed E-state index contributed by atoms with van der Waals surface area (Å²) in [4.78, 5) is 11.8. The summed E-state index contributed by atoms with van der Waals surface area (Å²) in [5.41, 5.74) is 3.49. The third kappa shape index (κ3) is 4.16. The first-order chi connectivity index (χ1) is 12.9. The van der Waals surface area contributed by atoms with Crippen LogP contribution in [0, 0.1) is 0 Å². The van der Waals surface area contributed by atoms with Crippen LogP contribution in [0.1, 0.15) is 43.4 Å². The molecule has 6 heteroatoms. The summed E-state index contributed by atoms with van der Waals surface area (Å²) in [5, 5.41) is 0. The second-order valence-electron chi connectivity index (χ2n) is 7.91. The number of rotatable bonds is 5. The first kappa shape index (κ1) is 19.4. The van der Waals surface area contributed by atoms with Crippen LogP contribution in [0.2, 0.25) is 0 Å². The average Bonchev–Trinajstić information content (AvgIpc) is 2.65. The number of aromatic nitrogens is 2. The summed E-state index contributed by atoms with van der Waals surface area (Å²) < 4.78 is 16.3. The van der Waals surface area contributed by atoms with Crippen molar-refractivity contribution in [3.05, 3.63) is 41.0 Å². The van der Waals surface area contributed by atoms with E-state index in [0.717, 1.165) is 37.4 Å². The van der Waals surface area contributed by atoms with Crippen molar-refractivity contribution in [2.24, 2.45) is 0 Å². The minimum Gasteiger partial charge on any atom is -0.493 e. The van der Waals surface area contributed by atoms with E-state index in [9.17, 15) is 0 Å². The Morgan fingerprint density at radius 3 is 2.26 bits per heavy atom. The van der Waals surface area contributed by atoms with E-state index in [0.29, 0.717) is 17.2 Å². The van der Waals surface area contributed by atoms with Gasteiger partial charge in [-0.15, -0.1) is 0 Å². The van der Waals surface area contributed by atoms with Gasteiger partial charge in [0, 0.05) is 48.9 Å². The van der Waals surface area contributed by atoms with E-state index in [1.54, 1.807) is 21.3 Å². The predicted molar refractivity (Wildman–Crippen MR) is 105 cm³/mol. The summed E-state index contributed by atoms with van der Waals surface area (Å²) in [7, 11) is 4.90. The van der Waals surface area contributed by atoms with Gasteiger partial charge in [-0.25, -0.2) is 9.97 Å². The van der Waals surface area contributed by atoms with Crippen LogP contribution in [0.4, 0.5) is 0 Å². The van der Waals surface area contributed by atoms with E-state index in [1.165, 1.54) is 11.3 Å². The third-order valence-corrected chi connectivity index (χ3v) is 4.81. The molecular weight excluding hydrogens is 342 g/mol. The van der Waals surface area contributed by atoms with Gasteiger partial charge in [0.05, 0.1) is 21.3 Å². The van der Waals surface area contributed by atoms with Gasteiger partial charge in [-0.2, -0.15) is 0 Å². The van der Waals surface area contributed by atoms with Gasteiger partial charge < -0.3 is 14.2 Å². The molecule has 1 aromatic carbocycles. The van der Waals surface area contributed by atoms with Crippen molar-refractivity contribution in [2.45, 2.75) is 45.7 Å². The Hall–Kier alpha value is -2.34. The molecule has 0 spiro atoms. The maximum absolute atomic E-state index is 5.47. The van der Waals surface area contributed by atoms with Crippen molar-refractivity contribution >= 4 is 0 Å². The fraction of sp³-hybridized carbons (Fsp3) is 0.524. The Bertz CT molecular complexity index is 790. The molecule has 0 atom stereocenters. The lowest BCUT2D eigenvalue weighted by atomic mass is 9.95. The molecular formula is C21H29N3O3. The molecule has 3 rings (SSSR count). The van der Waals surface area contributed by atoms with Gasteiger partial charge in [0.1, 0.15) is 5.82 Å². The van der Waals surface area contributed by atoms with Gasteiger partial charge in [0.15, 0.2) is 11.5 Å². The Morgan fingerprint density at radius 1 is 1.04 bits per heavy atom. The Labute approximate surface area is 161 Å². The van der Waals surface area contributed by atoms with E-state index in [4.69, 9.17) is 19.2 Å². The summed E-state index contributed by atoms with van der Waals surface area (Å²) in [5.74, 6) is 2.90. The lowest BCUT2D eigenvalue weighted by molar-refractivity contribution is 0.241. The molecule has 2 heterocycles. The molecule has 0 aliphatic carbocycles. The topological polar surface area (TPSA) is 56.7 Å². The van der Waals surface area contributed by atoms with Gasteiger partial charge in [0.25, 0.3) is 0 Å². The molecule has 0 bridgehead atoms. The SMILES string of the molecule is COc1cc(CN2CCc3nc(C(C)(C)C)ncc3C2)cc(OC)c1OC. The molecule has 0 saturated heterocycles. The number of fused-ring (bicyclic) bond motifs is 1. The van der Waals surface area contributed by atoms with E-state index < -0.39 is 0 Å². The molecule has 1 aliphatic rings. The van der Waals surface area contributed by atoms with Gasteiger partial charge in [-0.1, -0.05) is 20.8 Å². The minimum atomic E-state index is -0.0254. The van der Waals surface area contributed by atoms with E-state index in [-0.39, 0.29) is 5.41 Å². The minimum absolute atomic E-state index is 0.0254. The zero-order valence-electron chi connectivity index (χ0n) is 17.1. The number of ether oxygens (including phenoxy) is 3. The molecule has 0 fully saturated rings. The van der Waals surface area contributed by atoms with Gasteiger partial charge in [0.2, 0.25) is 5.75 Å². The highest BCUT2D eigenvalue weighted by molar-refractivity contribution is 5.53. The lowest BCUT2D eigenvalue weighted by Gasteiger charge is -2.29. The van der Waals surface area contributed by atoms with E-state index >= 15 is 0 Å². The molecule has 2 aromatic rings. The summed E-state index contributed by atoms with van der Waals surface area (Å²) >= 11 is 0. The van der Waals surface area contributed by atoms with Crippen LogP contribution in [-0.4, -0.2) is 42.7 Å². The second-order valence-corrected chi connectivity index (χ2v) is 7.91. The first-order valence-electron chi connectivity index (χ1n) is 9.22. The summed E-state index contributed by atoms with van der Waals surface area (Å²) in [6.45, 7) is 9.05. The number of methoxy groups -OCH3 is 3. The monoisotopic (exact) mass is 371 g/mol. The van der Waals surface area contributed by atoms with Crippen molar-refractivity contribution in [1.29, 1.82) is 0 Å². The summed E-state index contributed by atoms with van der Waals surface area (Å²) in [6.07, 6.45) is 2.93. The predicted octanol–water partition coefficient (Wildman–Crippen LogP) is 3.36. The molecule has 1 aromatic heterocycles. The fourth-order valence-corrected chi connectivity index (χ4v) is 3.36. The highest BCUT2D eigenvalue weighted by atomic mass is 16.5. The maximum Gasteiger partial charge on any atom is 0.203 e. The largest absolute Gasteiger partial charge is 0.493 e. The fourth-order valence-electron chi connectivity index (χ4n) is 3.36. The van der Waals surface area contributed by atoms with Crippen LogP contribution < -0.4 is 14.2 Å². The highest BCUT2D eigenvalue weighted by Crippen LogP contribution is 2.38. The summed E-state index contributed by atoms with van der Waals surface area (Å²) in [6, 6.07) is 4.02. The highest BCUT2D eigenvalue weighted by Gasteiger charge is 2.23. The van der Waals surface area contributed by atoms with Crippen LogP contribution in [0.25, 0.3) is 0 Å². The molecule has 0 saturated carbocycles. The van der Waals surface area contributed by atoms with Crippen molar-refractivity contribution in [3.8, 4) is 17.2 Å². The van der Waals surface area contributed by atoms with Crippen LogP contribution in [-0.2, 0) is 24.9 Å². The van der Waals surface area contributed by atoms with Crippen LogP contribution in [0.3, 0.4) is 0 Å². The Morgan fingerprint density at radius 2 is 1.70 bits per heavy atom. The lowest BCUT2D eigenvalue weighted by Crippen LogP contribution is -2.32. The van der Waals surface area contributed by atoms with Crippen LogP contribution >= 0.6 is 0 Å². The third-order valence-electron chi connectivity index (χ3n) is 4.81. The number of hydrogen-bond donors (Lipinski definition) is 0. The van der Waals surface area contributed by atoms with Gasteiger partial charge >= 0.3 is 0 Å². The Balaban J connectivity index is 1.79. The quantitative estimate of drug-likeness (QED) is 0.803. The molecule has 0 N–H and O–H groups in total. The average molecular weight is 371 g/mol. The molecule has 27 heavy (non-hydrogen) atoms. The first-order valence-corrected chi connectivity index (χ1v) is 9.22. The molecule has 146 valence electrons. The second kappa shape index (κ2) is 7.72. The van der Waals surface area contributed by atoms with Crippen molar-refractivity contribution in [3.63, 3.8) is 0 Å². The number of benzene rings is 1. The molecule has 6 nitrogen and oxygen atoms in total. The molecule has 0 amide bonds. The van der Waals surface area contributed by atoms with Crippen molar-refractivity contribution in [1.82, 2.24) is 14.9 Å². The smallest absolute Gasteiger partial charge is 0.203 e. The van der Waals surface area contributed by atoms with E-state index in [2.05, 4.69) is 30.7 Å². The van der Waals surface area contributed by atoms with Crippen molar-refractivity contribution < 1.29 is 14.2 Å². The zero-order valence-corrected chi connectivity index (χ0v) is 17.1. The van der Waals surface area contributed by atoms with Gasteiger partial charge in [-0.3, -0.25) is 4.90 Å². The van der Waals surface area contributed by atoms with Crippen LogP contribution in [0.5, 0.6) is 17.2 Å². The van der Waals surface area contributed by atoms with Crippen molar-refractivity contribution in [2.75, 3.05) is 27.9 Å². The number of hydrogen-bond acceptors (Lipinski definition) is 6. The maximum atomic E-state index is 5.47. The standard InChI is InChI=1S/C21H29N3O3/c1-21(2,3)20-22-11-15-13-24(8-7-16(15)23-20)12-14-9-17(25-4)19(27-6)18(10-14)26-5/h9-11H,7-8,12-13H2,1-6H3. The normalized spacial score (nSPS) is 14.6. The van der Waals surface area contributed by atoms with E-state index in [1.807, 2.05) is 18.3 Å². The molecule has 0 unspecified atom stereocenters. The van der Waals surface area contributed by atoms with Crippen LogP contribution in [0.15, 0.2) is 18.3 Å². The molecule has 1 aliphatic heterocycles. The zero-order chi connectivity index (χ0) is 19.6. The number of nitrogens with zero attached hydrogens (tertiary/aromatic N) is 3. The Kier molecular flexibility index (Phi) is 5.56. The molecule has 0 radical (unpaired) electrons. The van der Waals surface area contributed by atoms with Gasteiger partial charge in [-0.05, 0) is 17.7 Å².